The van der Waals surface area contributed by atoms with Gasteiger partial charge in [0, 0.05) is 0 Å². The SMILES string of the molecule is CCNC(c1ccccc1)c1c(C)c(C)c(C)c(C)c1C. The molecule has 0 aromatic heterocycles. The van der Waals surface area contributed by atoms with Gasteiger partial charge in [0.2, 0.25) is 0 Å². The number of hydrogen-bond donors (Lipinski definition) is 1. The molecule has 0 aliphatic carbocycles. The molecule has 0 spiro atoms. The molecule has 1 nitrogen and oxygen atoms in total. The maximum absolute atomic E-state index is 3.67. The summed E-state index contributed by atoms with van der Waals surface area (Å²) in [5, 5.41) is 3.67. The molecule has 0 saturated carbocycles. The maximum atomic E-state index is 3.67. The van der Waals surface area contributed by atoms with E-state index in [9.17, 15) is 0 Å². The standard InChI is InChI=1S/C20H27N/c1-7-21-20(18-11-9-8-10-12-18)19-16(5)14(3)13(2)15(4)17(19)6/h8-12,20-21H,7H2,1-6H3. The topological polar surface area (TPSA) is 12.0 Å². The summed E-state index contributed by atoms with van der Waals surface area (Å²) in [6, 6.07) is 11.0. The van der Waals surface area contributed by atoms with Gasteiger partial charge in [0.05, 0.1) is 6.04 Å². The molecule has 112 valence electrons. The predicted molar refractivity (Wildman–Crippen MR) is 92.1 cm³/mol. The third kappa shape index (κ3) is 2.89. The van der Waals surface area contributed by atoms with Gasteiger partial charge >= 0.3 is 0 Å². The molecule has 0 radical (unpaired) electrons. The Labute approximate surface area is 129 Å². The molecule has 21 heavy (non-hydrogen) atoms. The van der Waals surface area contributed by atoms with Crippen LogP contribution in [0.15, 0.2) is 30.3 Å². The van der Waals surface area contributed by atoms with Crippen LogP contribution in [-0.2, 0) is 0 Å². The highest BCUT2D eigenvalue weighted by molar-refractivity contribution is 5.52. The first-order valence-electron chi connectivity index (χ1n) is 7.84. The van der Waals surface area contributed by atoms with Gasteiger partial charge in [0.25, 0.3) is 0 Å². The normalized spacial score (nSPS) is 12.5. The van der Waals surface area contributed by atoms with Gasteiger partial charge in [0.15, 0.2) is 0 Å². The van der Waals surface area contributed by atoms with Gasteiger partial charge in [-0.1, -0.05) is 37.3 Å². The number of benzene rings is 2. The lowest BCUT2D eigenvalue weighted by Crippen LogP contribution is -2.24. The molecule has 2 aromatic carbocycles. The minimum Gasteiger partial charge on any atom is -0.307 e. The molecule has 0 bridgehead atoms. The Bertz CT molecular complexity index is 597. The van der Waals surface area contributed by atoms with E-state index in [-0.39, 0.29) is 6.04 Å². The molecule has 1 N–H and O–H groups in total. The molecule has 0 amide bonds. The fraction of sp³-hybridized carbons (Fsp3) is 0.400. The Morgan fingerprint density at radius 2 is 1.24 bits per heavy atom. The van der Waals surface area contributed by atoms with Crippen LogP contribution in [0, 0.1) is 34.6 Å². The van der Waals surface area contributed by atoms with Gasteiger partial charge < -0.3 is 5.32 Å². The van der Waals surface area contributed by atoms with Crippen molar-refractivity contribution in [1.29, 1.82) is 0 Å². The van der Waals surface area contributed by atoms with E-state index in [1.165, 1.54) is 38.9 Å². The number of nitrogens with one attached hydrogen (secondary N) is 1. The van der Waals surface area contributed by atoms with Crippen molar-refractivity contribution in [1.82, 2.24) is 5.32 Å². The lowest BCUT2D eigenvalue weighted by Gasteiger charge is -2.27. The molecule has 1 heteroatoms. The molecule has 0 fully saturated rings. The largest absolute Gasteiger partial charge is 0.307 e. The second-order valence-electron chi connectivity index (χ2n) is 5.94. The van der Waals surface area contributed by atoms with E-state index in [1.807, 2.05) is 0 Å². The van der Waals surface area contributed by atoms with Crippen LogP contribution in [0.2, 0.25) is 0 Å². The highest BCUT2D eigenvalue weighted by Crippen LogP contribution is 2.33. The monoisotopic (exact) mass is 281 g/mol. The Balaban J connectivity index is 2.67. The smallest absolute Gasteiger partial charge is 0.0582 e. The second kappa shape index (κ2) is 6.44. The maximum Gasteiger partial charge on any atom is 0.0582 e. The molecular weight excluding hydrogens is 254 g/mol. The first kappa shape index (κ1) is 15.8. The zero-order valence-electron chi connectivity index (χ0n) is 14.2. The first-order valence-corrected chi connectivity index (χ1v) is 7.84. The van der Waals surface area contributed by atoms with Gasteiger partial charge in [-0.2, -0.15) is 0 Å². The molecule has 0 saturated heterocycles. The molecule has 0 aliphatic heterocycles. The van der Waals surface area contributed by atoms with E-state index in [1.54, 1.807) is 0 Å². The van der Waals surface area contributed by atoms with Crippen LogP contribution in [0.25, 0.3) is 0 Å². The van der Waals surface area contributed by atoms with Crippen molar-refractivity contribution in [3.05, 3.63) is 69.3 Å². The predicted octanol–water partition coefficient (Wildman–Crippen LogP) is 4.93. The van der Waals surface area contributed by atoms with Crippen molar-refractivity contribution in [2.75, 3.05) is 6.54 Å². The first-order chi connectivity index (χ1) is 9.99. The van der Waals surface area contributed by atoms with Crippen LogP contribution >= 0.6 is 0 Å². The average Bonchev–Trinajstić information content (AvgIpc) is 2.51. The number of rotatable bonds is 4. The van der Waals surface area contributed by atoms with E-state index in [0.717, 1.165) is 6.54 Å². The highest BCUT2D eigenvalue weighted by Gasteiger charge is 2.20. The zero-order chi connectivity index (χ0) is 15.6. The fourth-order valence-electron chi connectivity index (χ4n) is 3.20. The van der Waals surface area contributed by atoms with Crippen LogP contribution in [0.5, 0.6) is 0 Å². The van der Waals surface area contributed by atoms with Gasteiger partial charge in [-0.15, -0.1) is 0 Å². The van der Waals surface area contributed by atoms with Crippen molar-refractivity contribution in [3.8, 4) is 0 Å². The van der Waals surface area contributed by atoms with Gasteiger partial charge in [0.1, 0.15) is 0 Å². The van der Waals surface area contributed by atoms with Crippen molar-refractivity contribution in [2.45, 2.75) is 47.6 Å². The summed E-state index contributed by atoms with van der Waals surface area (Å²) in [6.45, 7) is 14.4. The van der Waals surface area contributed by atoms with E-state index < -0.39 is 0 Å². The van der Waals surface area contributed by atoms with E-state index in [4.69, 9.17) is 0 Å². The molecular formula is C20H27N. The highest BCUT2D eigenvalue weighted by atomic mass is 14.9. The summed E-state index contributed by atoms with van der Waals surface area (Å²) in [5.41, 5.74) is 9.91. The molecule has 1 atom stereocenters. The van der Waals surface area contributed by atoms with Gasteiger partial charge in [-0.05, 0) is 80.1 Å². The summed E-state index contributed by atoms with van der Waals surface area (Å²) in [5.74, 6) is 0. The molecule has 2 rings (SSSR count). The third-order valence-electron chi connectivity index (χ3n) is 4.89. The average molecular weight is 281 g/mol. The Morgan fingerprint density at radius 1 is 0.762 bits per heavy atom. The molecule has 0 aliphatic rings. The van der Waals surface area contributed by atoms with Gasteiger partial charge in [-0.3, -0.25) is 0 Å². The second-order valence-corrected chi connectivity index (χ2v) is 5.94. The van der Waals surface area contributed by atoms with Crippen LogP contribution in [-0.4, -0.2) is 6.54 Å². The Hall–Kier alpha value is -1.60. The van der Waals surface area contributed by atoms with Crippen molar-refractivity contribution >= 4 is 0 Å². The van der Waals surface area contributed by atoms with E-state index in [0.29, 0.717) is 0 Å². The van der Waals surface area contributed by atoms with Crippen LogP contribution < -0.4 is 5.32 Å². The minimum absolute atomic E-state index is 0.272. The molecule has 0 heterocycles. The lowest BCUT2D eigenvalue weighted by atomic mass is 9.84. The zero-order valence-corrected chi connectivity index (χ0v) is 14.2. The van der Waals surface area contributed by atoms with Gasteiger partial charge in [-0.25, -0.2) is 0 Å². The minimum atomic E-state index is 0.272. The van der Waals surface area contributed by atoms with Crippen molar-refractivity contribution < 1.29 is 0 Å². The fourth-order valence-corrected chi connectivity index (χ4v) is 3.20. The summed E-state index contributed by atoms with van der Waals surface area (Å²) in [7, 11) is 0. The summed E-state index contributed by atoms with van der Waals surface area (Å²) in [6.07, 6.45) is 0. The van der Waals surface area contributed by atoms with Crippen molar-refractivity contribution in [3.63, 3.8) is 0 Å². The van der Waals surface area contributed by atoms with Crippen molar-refractivity contribution in [2.24, 2.45) is 0 Å². The Kier molecular flexibility index (Phi) is 4.84. The van der Waals surface area contributed by atoms with E-state index >= 15 is 0 Å². The van der Waals surface area contributed by atoms with Crippen LogP contribution in [0.1, 0.15) is 51.9 Å². The Morgan fingerprint density at radius 3 is 1.71 bits per heavy atom. The summed E-state index contributed by atoms with van der Waals surface area (Å²) in [4.78, 5) is 0. The summed E-state index contributed by atoms with van der Waals surface area (Å²) >= 11 is 0. The molecule has 2 aromatic rings. The molecule has 1 unspecified atom stereocenters. The summed E-state index contributed by atoms with van der Waals surface area (Å²) < 4.78 is 0. The van der Waals surface area contributed by atoms with E-state index in [2.05, 4.69) is 77.2 Å². The van der Waals surface area contributed by atoms with Crippen LogP contribution in [0.3, 0.4) is 0 Å². The third-order valence-corrected chi connectivity index (χ3v) is 4.89. The lowest BCUT2D eigenvalue weighted by molar-refractivity contribution is 0.623. The van der Waals surface area contributed by atoms with Crippen LogP contribution in [0.4, 0.5) is 0 Å². The quantitative estimate of drug-likeness (QED) is 0.838. The number of hydrogen-bond acceptors (Lipinski definition) is 1.